The minimum Gasteiger partial charge on any atom is -0.455 e. The fourth-order valence-corrected chi connectivity index (χ4v) is 3.78. The van der Waals surface area contributed by atoms with E-state index in [1.54, 1.807) is 0 Å². The van der Waals surface area contributed by atoms with Gasteiger partial charge < -0.3 is 10.1 Å². The number of benzene rings is 3. The molecule has 0 fully saturated rings. The number of carbonyl (C=O) groups is 2. The normalized spacial score (nSPS) is 10.6. The standard InChI is InChI=1S/C24H18F2N4O3S/c25-19-12-11-17(13-20(19)26)27-21(31)14-33-22(32)15-34-24-29-28-23(16-7-3-1-4-8-16)30(24)18-9-5-2-6-10-18/h1-13H,14-15H2,(H,27,31). The highest BCUT2D eigenvalue weighted by Crippen LogP contribution is 2.27. The first-order valence-electron chi connectivity index (χ1n) is 10.1. The van der Waals surface area contributed by atoms with Gasteiger partial charge in [0.1, 0.15) is 0 Å². The molecule has 1 heterocycles. The summed E-state index contributed by atoms with van der Waals surface area (Å²) < 4.78 is 33.1. The number of rotatable bonds is 8. The number of ether oxygens (including phenoxy) is 1. The molecule has 0 aliphatic rings. The number of aromatic nitrogens is 3. The van der Waals surface area contributed by atoms with E-state index in [-0.39, 0.29) is 11.4 Å². The summed E-state index contributed by atoms with van der Waals surface area (Å²) in [5.74, 6) is -2.94. The van der Waals surface area contributed by atoms with Gasteiger partial charge in [0.25, 0.3) is 5.91 Å². The third-order valence-electron chi connectivity index (χ3n) is 4.57. The van der Waals surface area contributed by atoms with E-state index >= 15 is 0 Å². The zero-order valence-corrected chi connectivity index (χ0v) is 18.5. The summed E-state index contributed by atoms with van der Waals surface area (Å²) >= 11 is 1.12. The van der Waals surface area contributed by atoms with Crippen molar-refractivity contribution in [3.63, 3.8) is 0 Å². The summed E-state index contributed by atoms with van der Waals surface area (Å²) in [5, 5.41) is 11.3. The van der Waals surface area contributed by atoms with E-state index in [2.05, 4.69) is 15.5 Å². The first kappa shape index (κ1) is 23.1. The maximum absolute atomic E-state index is 13.2. The molecule has 4 rings (SSSR count). The Hall–Kier alpha value is -4.05. The number of esters is 1. The van der Waals surface area contributed by atoms with E-state index in [1.807, 2.05) is 65.2 Å². The molecule has 0 saturated carbocycles. The minimum absolute atomic E-state index is 0.0544. The first-order valence-corrected chi connectivity index (χ1v) is 11.1. The number of amides is 1. The second-order valence-corrected chi connectivity index (χ2v) is 7.91. The van der Waals surface area contributed by atoms with Crippen LogP contribution in [0.5, 0.6) is 0 Å². The van der Waals surface area contributed by atoms with E-state index in [0.717, 1.165) is 35.1 Å². The summed E-state index contributed by atoms with van der Waals surface area (Å²) in [5.41, 5.74) is 1.74. The molecular weight excluding hydrogens is 462 g/mol. The minimum atomic E-state index is -1.09. The van der Waals surface area contributed by atoms with Crippen molar-refractivity contribution < 1.29 is 23.1 Å². The quantitative estimate of drug-likeness (QED) is 0.296. The van der Waals surface area contributed by atoms with Crippen LogP contribution in [0.2, 0.25) is 0 Å². The van der Waals surface area contributed by atoms with Gasteiger partial charge in [-0.1, -0.05) is 60.3 Å². The Bertz CT molecular complexity index is 1300. The number of anilines is 1. The molecule has 0 aliphatic carbocycles. The Morgan fingerprint density at radius 3 is 2.32 bits per heavy atom. The number of halogens is 2. The maximum atomic E-state index is 13.2. The van der Waals surface area contributed by atoms with Crippen LogP contribution < -0.4 is 5.32 Å². The largest absolute Gasteiger partial charge is 0.455 e. The Balaban J connectivity index is 1.39. The van der Waals surface area contributed by atoms with Gasteiger partial charge in [-0.15, -0.1) is 10.2 Å². The van der Waals surface area contributed by atoms with Crippen molar-refractivity contribution in [2.45, 2.75) is 5.16 Å². The molecule has 0 radical (unpaired) electrons. The van der Waals surface area contributed by atoms with Crippen molar-refractivity contribution in [1.82, 2.24) is 14.8 Å². The number of hydrogen-bond donors (Lipinski definition) is 1. The van der Waals surface area contributed by atoms with E-state index in [1.165, 1.54) is 6.07 Å². The maximum Gasteiger partial charge on any atom is 0.316 e. The average molecular weight is 480 g/mol. The molecule has 1 amide bonds. The summed E-state index contributed by atoms with van der Waals surface area (Å²) in [4.78, 5) is 24.2. The van der Waals surface area contributed by atoms with Crippen LogP contribution in [0.15, 0.2) is 84.0 Å². The molecule has 0 aliphatic heterocycles. The third-order valence-corrected chi connectivity index (χ3v) is 5.47. The van der Waals surface area contributed by atoms with Gasteiger partial charge in [0, 0.05) is 23.0 Å². The van der Waals surface area contributed by atoms with Crippen LogP contribution in [0.1, 0.15) is 0 Å². The molecule has 10 heteroatoms. The zero-order valence-electron chi connectivity index (χ0n) is 17.7. The summed E-state index contributed by atoms with van der Waals surface area (Å²) in [7, 11) is 0. The molecular formula is C24H18F2N4O3S. The van der Waals surface area contributed by atoms with Crippen molar-refractivity contribution in [3.05, 3.63) is 90.5 Å². The molecule has 172 valence electrons. The second-order valence-electron chi connectivity index (χ2n) is 6.97. The Morgan fingerprint density at radius 1 is 0.912 bits per heavy atom. The lowest BCUT2D eigenvalue weighted by Crippen LogP contribution is -2.21. The van der Waals surface area contributed by atoms with Crippen molar-refractivity contribution in [2.75, 3.05) is 17.7 Å². The van der Waals surface area contributed by atoms with Crippen LogP contribution in [0.3, 0.4) is 0 Å². The predicted molar refractivity (Wildman–Crippen MR) is 123 cm³/mol. The highest BCUT2D eigenvalue weighted by molar-refractivity contribution is 7.99. The number of nitrogens with one attached hydrogen (secondary N) is 1. The third kappa shape index (κ3) is 5.65. The average Bonchev–Trinajstić information content (AvgIpc) is 3.29. The lowest BCUT2D eigenvalue weighted by Gasteiger charge is -2.10. The SMILES string of the molecule is O=C(COC(=O)CSc1nnc(-c2ccccc2)n1-c1ccccc1)Nc1ccc(F)c(F)c1. The highest BCUT2D eigenvalue weighted by Gasteiger charge is 2.18. The van der Waals surface area contributed by atoms with Gasteiger partial charge in [-0.3, -0.25) is 14.2 Å². The fourth-order valence-electron chi connectivity index (χ4n) is 3.03. The van der Waals surface area contributed by atoms with Gasteiger partial charge in [-0.05, 0) is 24.3 Å². The lowest BCUT2D eigenvalue weighted by atomic mass is 10.2. The van der Waals surface area contributed by atoms with E-state index < -0.39 is 30.1 Å². The fraction of sp³-hybridized carbons (Fsp3) is 0.0833. The van der Waals surface area contributed by atoms with Crippen LogP contribution >= 0.6 is 11.8 Å². The van der Waals surface area contributed by atoms with Gasteiger partial charge in [0.15, 0.2) is 29.2 Å². The molecule has 0 unspecified atom stereocenters. The van der Waals surface area contributed by atoms with Crippen LogP contribution in [0.4, 0.5) is 14.5 Å². The van der Waals surface area contributed by atoms with Crippen molar-refractivity contribution in [1.29, 1.82) is 0 Å². The highest BCUT2D eigenvalue weighted by atomic mass is 32.2. The first-order chi connectivity index (χ1) is 16.5. The molecule has 0 saturated heterocycles. The number of thioether (sulfide) groups is 1. The summed E-state index contributed by atoms with van der Waals surface area (Å²) in [6.07, 6.45) is 0. The van der Waals surface area contributed by atoms with Gasteiger partial charge in [0.2, 0.25) is 0 Å². The van der Waals surface area contributed by atoms with E-state index in [9.17, 15) is 18.4 Å². The van der Waals surface area contributed by atoms with Gasteiger partial charge in [-0.25, -0.2) is 8.78 Å². The number of carbonyl (C=O) groups excluding carboxylic acids is 2. The molecule has 0 bridgehead atoms. The van der Waals surface area contributed by atoms with E-state index in [0.29, 0.717) is 11.0 Å². The number of nitrogens with zero attached hydrogens (tertiary/aromatic N) is 3. The monoisotopic (exact) mass is 480 g/mol. The molecule has 3 aromatic carbocycles. The topological polar surface area (TPSA) is 86.1 Å². The summed E-state index contributed by atoms with van der Waals surface area (Å²) in [6.45, 7) is -0.570. The van der Waals surface area contributed by atoms with Gasteiger partial charge >= 0.3 is 5.97 Å². The molecule has 1 aromatic heterocycles. The molecule has 1 N–H and O–H groups in total. The molecule has 4 aromatic rings. The lowest BCUT2D eigenvalue weighted by molar-refractivity contribution is -0.144. The van der Waals surface area contributed by atoms with Crippen LogP contribution in [-0.2, 0) is 14.3 Å². The predicted octanol–water partition coefficient (Wildman–Crippen LogP) is 4.49. The van der Waals surface area contributed by atoms with Crippen LogP contribution in [0, 0.1) is 11.6 Å². The number of para-hydroxylation sites is 1. The Labute approximate surface area is 197 Å². The second kappa shape index (κ2) is 10.7. The summed E-state index contributed by atoms with van der Waals surface area (Å²) in [6, 6.07) is 21.9. The van der Waals surface area contributed by atoms with Crippen LogP contribution in [0.25, 0.3) is 17.1 Å². The van der Waals surface area contributed by atoms with Gasteiger partial charge in [0.05, 0.1) is 5.75 Å². The molecule has 7 nitrogen and oxygen atoms in total. The Morgan fingerprint density at radius 2 is 1.62 bits per heavy atom. The van der Waals surface area contributed by atoms with E-state index in [4.69, 9.17) is 4.74 Å². The molecule has 0 atom stereocenters. The molecule has 0 spiro atoms. The smallest absolute Gasteiger partial charge is 0.316 e. The van der Waals surface area contributed by atoms with Crippen molar-refractivity contribution in [3.8, 4) is 17.1 Å². The van der Waals surface area contributed by atoms with Crippen molar-refractivity contribution >= 4 is 29.3 Å². The zero-order chi connectivity index (χ0) is 23.9. The number of hydrogen-bond acceptors (Lipinski definition) is 6. The van der Waals surface area contributed by atoms with Crippen LogP contribution in [-0.4, -0.2) is 39.0 Å². The molecule has 34 heavy (non-hydrogen) atoms. The van der Waals surface area contributed by atoms with Crippen molar-refractivity contribution in [2.24, 2.45) is 0 Å². The Kier molecular flexibility index (Phi) is 7.28. The van der Waals surface area contributed by atoms with Gasteiger partial charge in [-0.2, -0.15) is 0 Å².